The predicted octanol–water partition coefficient (Wildman–Crippen LogP) is 1.14. The van der Waals surface area contributed by atoms with Crippen molar-refractivity contribution >= 4 is 34.7 Å². The van der Waals surface area contributed by atoms with E-state index in [1.54, 1.807) is 0 Å². The Hall–Kier alpha value is -1.57. The van der Waals surface area contributed by atoms with E-state index < -0.39 is 17.9 Å². The number of unbranched alkanes of at least 4 members (excludes halogenated alkanes) is 1. The average Bonchev–Trinajstić information content (AvgIpc) is 2.94. The first-order valence-electron chi connectivity index (χ1n) is 8.26. The molecule has 0 aliphatic heterocycles. The summed E-state index contributed by atoms with van der Waals surface area (Å²) in [5.74, 6) is -1.87. The first kappa shape index (κ1) is 20.5. The third-order valence-electron chi connectivity index (χ3n) is 3.84. The molecule has 24 heavy (non-hydrogen) atoms. The second-order valence-electron chi connectivity index (χ2n) is 5.99. The lowest BCUT2D eigenvalue weighted by Crippen LogP contribution is -2.46. The summed E-state index contributed by atoms with van der Waals surface area (Å²) >= 11 is 1.25. The molecule has 0 aromatic heterocycles. The van der Waals surface area contributed by atoms with E-state index in [0.29, 0.717) is 12.8 Å². The Morgan fingerprint density at radius 1 is 1.29 bits per heavy atom. The molecule has 0 saturated heterocycles. The molecular weight excluding hydrogens is 332 g/mol. The van der Waals surface area contributed by atoms with E-state index in [0.717, 1.165) is 19.3 Å². The summed E-state index contributed by atoms with van der Waals surface area (Å²) < 4.78 is 5.07. The van der Waals surface area contributed by atoms with Gasteiger partial charge in [-0.05, 0) is 25.7 Å². The van der Waals surface area contributed by atoms with E-state index in [-0.39, 0.29) is 35.2 Å². The zero-order chi connectivity index (χ0) is 18.1. The Bertz CT molecular complexity index is 483. The number of carbonyl (C=O) groups is 4. The SMILES string of the molecule is CCCCOC(=O)[C@H](CC(N)=O)NC(=O)C1CCC(SC(C)=O)C1. The molecule has 2 unspecified atom stereocenters. The van der Waals surface area contributed by atoms with Crippen LogP contribution in [0.5, 0.6) is 0 Å². The number of ether oxygens (including phenoxy) is 1. The highest BCUT2D eigenvalue weighted by molar-refractivity contribution is 8.14. The Morgan fingerprint density at radius 3 is 2.58 bits per heavy atom. The Labute approximate surface area is 146 Å². The molecule has 0 radical (unpaired) electrons. The minimum Gasteiger partial charge on any atom is -0.464 e. The van der Waals surface area contributed by atoms with Gasteiger partial charge < -0.3 is 15.8 Å². The largest absolute Gasteiger partial charge is 0.464 e. The number of carbonyl (C=O) groups excluding carboxylic acids is 4. The van der Waals surface area contributed by atoms with E-state index in [4.69, 9.17) is 10.5 Å². The van der Waals surface area contributed by atoms with Gasteiger partial charge in [-0.3, -0.25) is 14.4 Å². The number of nitrogens with one attached hydrogen (secondary N) is 1. The standard InChI is InChI=1S/C16H26N2O5S/c1-3-4-7-23-16(22)13(9-14(17)20)18-15(21)11-5-6-12(8-11)24-10(2)19/h11-13H,3-9H2,1-2H3,(H2,17,20)(H,18,21)/t11?,12?,13-/m0/s1. The van der Waals surface area contributed by atoms with Gasteiger partial charge in [0, 0.05) is 18.1 Å². The van der Waals surface area contributed by atoms with Gasteiger partial charge in [0.1, 0.15) is 6.04 Å². The van der Waals surface area contributed by atoms with Gasteiger partial charge in [0.2, 0.25) is 11.8 Å². The molecule has 0 aromatic carbocycles. The highest BCUT2D eigenvalue weighted by atomic mass is 32.2. The fourth-order valence-electron chi connectivity index (χ4n) is 2.62. The summed E-state index contributed by atoms with van der Waals surface area (Å²) in [6.45, 7) is 3.72. The van der Waals surface area contributed by atoms with Crippen LogP contribution in [0.2, 0.25) is 0 Å². The van der Waals surface area contributed by atoms with Gasteiger partial charge in [0.15, 0.2) is 5.12 Å². The smallest absolute Gasteiger partial charge is 0.329 e. The van der Waals surface area contributed by atoms with Crippen LogP contribution in [-0.2, 0) is 23.9 Å². The maximum atomic E-state index is 12.3. The minimum absolute atomic E-state index is 0.0344. The van der Waals surface area contributed by atoms with Crippen LogP contribution in [0.3, 0.4) is 0 Å². The molecule has 3 atom stereocenters. The van der Waals surface area contributed by atoms with Crippen LogP contribution in [0.25, 0.3) is 0 Å². The number of esters is 1. The molecule has 7 nitrogen and oxygen atoms in total. The first-order chi connectivity index (χ1) is 11.3. The van der Waals surface area contributed by atoms with Gasteiger partial charge in [0.05, 0.1) is 13.0 Å². The summed E-state index contributed by atoms with van der Waals surface area (Å²) in [6.07, 6.45) is 3.33. The van der Waals surface area contributed by atoms with Crippen molar-refractivity contribution in [2.24, 2.45) is 11.7 Å². The maximum absolute atomic E-state index is 12.3. The first-order valence-corrected chi connectivity index (χ1v) is 9.14. The normalized spacial score (nSPS) is 21.1. The van der Waals surface area contributed by atoms with Crippen LogP contribution < -0.4 is 11.1 Å². The Balaban J connectivity index is 2.56. The molecule has 1 fully saturated rings. The molecule has 0 heterocycles. The van der Waals surface area contributed by atoms with Crippen LogP contribution in [0.15, 0.2) is 0 Å². The van der Waals surface area contributed by atoms with E-state index in [1.807, 2.05) is 6.92 Å². The second kappa shape index (κ2) is 10.3. The lowest BCUT2D eigenvalue weighted by molar-refractivity contribution is -0.149. The molecule has 1 aliphatic carbocycles. The number of nitrogens with two attached hydrogens (primary N) is 1. The second-order valence-corrected chi connectivity index (χ2v) is 7.47. The van der Waals surface area contributed by atoms with Gasteiger partial charge >= 0.3 is 5.97 Å². The lowest BCUT2D eigenvalue weighted by Gasteiger charge is -2.19. The van der Waals surface area contributed by atoms with Crippen LogP contribution in [-0.4, -0.2) is 40.8 Å². The van der Waals surface area contributed by atoms with Crippen molar-refractivity contribution in [2.75, 3.05) is 6.61 Å². The number of thioether (sulfide) groups is 1. The van der Waals surface area contributed by atoms with Gasteiger partial charge in [0.25, 0.3) is 0 Å². The van der Waals surface area contributed by atoms with Gasteiger partial charge in [-0.25, -0.2) is 4.79 Å². The van der Waals surface area contributed by atoms with Crippen LogP contribution in [0.4, 0.5) is 0 Å². The molecule has 136 valence electrons. The Morgan fingerprint density at radius 2 is 2.00 bits per heavy atom. The lowest BCUT2D eigenvalue weighted by atomic mass is 10.1. The highest BCUT2D eigenvalue weighted by Crippen LogP contribution is 2.34. The van der Waals surface area contributed by atoms with Crippen molar-refractivity contribution in [1.29, 1.82) is 0 Å². The third-order valence-corrected chi connectivity index (χ3v) is 4.93. The van der Waals surface area contributed by atoms with Crippen LogP contribution in [0.1, 0.15) is 52.4 Å². The van der Waals surface area contributed by atoms with Crippen molar-refractivity contribution < 1.29 is 23.9 Å². The van der Waals surface area contributed by atoms with Crippen molar-refractivity contribution in [2.45, 2.75) is 63.7 Å². The predicted molar refractivity (Wildman–Crippen MR) is 91.0 cm³/mol. The van der Waals surface area contributed by atoms with Crippen molar-refractivity contribution in [3.05, 3.63) is 0 Å². The number of hydrogen-bond donors (Lipinski definition) is 2. The minimum atomic E-state index is -1.05. The van der Waals surface area contributed by atoms with Gasteiger partial charge in [-0.1, -0.05) is 25.1 Å². The van der Waals surface area contributed by atoms with E-state index in [2.05, 4.69) is 5.32 Å². The van der Waals surface area contributed by atoms with E-state index in [9.17, 15) is 19.2 Å². The molecular formula is C16H26N2O5S. The molecule has 8 heteroatoms. The highest BCUT2D eigenvalue weighted by Gasteiger charge is 2.33. The number of primary amides is 1. The topological polar surface area (TPSA) is 116 Å². The summed E-state index contributed by atoms with van der Waals surface area (Å²) in [5, 5.41) is 2.75. The van der Waals surface area contributed by atoms with Crippen LogP contribution in [0, 0.1) is 5.92 Å². The molecule has 0 aromatic rings. The quantitative estimate of drug-likeness (QED) is 0.472. The number of hydrogen-bond acceptors (Lipinski definition) is 6. The molecule has 1 saturated carbocycles. The third kappa shape index (κ3) is 7.33. The zero-order valence-electron chi connectivity index (χ0n) is 14.2. The van der Waals surface area contributed by atoms with Gasteiger partial charge in [-0.2, -0.15) is 0 Å². The average molecular weight is 358 g/mol. The molecule has 0 spiro atoms. The van der Waals surface area contributed by atoms with Crippen molar-refractivity contribution in [1.82, 2.24) is 5.32 Å². The monoisotopic (exact) mass is 358 g/mol. The van der Waals surface area contributed by atoms with Crippen molar-refractivity contribution in [3.8, 4) is 0 Å². The fourth-order valence-corrected chi connectivity index (χ4v) is 3.67. The fraction of sp³-hybridized carbons (Fsp3) is 0.750. The molecule has 3 N–H and O–H groups in total. The maximum Gasteiger partial charge on any atom is 0.329 e. The molecule has 0 bridgehead atoms. The molecule has 2 amide bonds. The van der Waals surface area contributed by atoms with Crippen molar-refractivity contribution in [3.63, 3.8) is 0 Å². The van der Waals surface area contributed by atoms with Gasteiger partial charge in [-0.15, -0.1) is 0 Å². The number of amides is 2. The summed E-state index contributed by atoms with van der Waals surface area (Å²) in [4.78, 5) is 46.6. The Kier molecular flexibility index (Phi) is 8.81. The summed E-state index contributed by atoms with van der Waals surface area (Å²) in [7, 11) is 0. The summed E-state index contributed by atoms with van der Waals surface area (Å²) in [5.41, 5.74) is 5.15. The summed E-state index contributed by atoms with van der Waals surface area (Å²) in [6, 6.07) is -1.05. The number of rotatable bonds is 9. The van der Waals surface area contributed by atoms with E-state index in [1.165, 1.54) is 18.7 Å². The zero-order valence-corrected chi connectivity index (χ0v) is 15.0. The van der Waals surface area contributed by atoms with Crippen LogP contribution >= 0.6 is 11.8 Å². The van der Waals surface area contributed by atoms with E-state index >= 15 is 0 Å². The molecule has 1 aliphatic rings. The molecule has 1 rings (SSSR count).